The molecule has 0 amide bonds. The fourth-order valence-corrected chi connectivity index (χ4v) is 2.77. The fraction of sp³-hybridized carbons (Fsp3) is 0.182. The van der Waals surface area contributed by atoms with Gasteiger partial charge in [0.25, 0.3) is 5.89 Å². The summed E-state index contributed by atoms with van der Waals surface area (Å²) in [5, 5.41) is 7.53. The van der Waals surface area contributed by atoms with Gasteiger partial charge in [0.15, 0.2) is 6.61 Å². The van der Waals surface area contributed by atoms with E-state index < -0.39 is 0 Å². The quantitative estimate of drug-likeness (QED) is 0.767. The standard InChI is InChI=1S/C11H8Br2N2O3/c1-6-14-15-10(18-6)5-17-11-8(12)2-7(4-16)3-9(11)13/h2-4H,5H2,1H3. The summed E-state index contributed by atoms with van der Waals surface area (Å²) in [6, 6.07) is 3.35. The Morgan fingerprint density at radius 2 is 2.00 bits per heavy atom. The highest BCUT2D eigenvalue weighted by Crippen LogP contribution is 2.34. The van der Waals surface area contributed by atoms with Gasteiger partial charge in [-0.25, -0.2) is 0 Å². The Balaban J connectivity index is 2.16. The Kier molecular flexibility index (Phi) is 4.13. The summed E-state index contributed by atoms with van der Waals surface area (Å²) >= 11 is 6.67. The Morgan fingerprint density at radius 3 is 2.50 bits per heavy atom. The molecule has 0 radical (unpaired) electrons. The van der Waals surface area contributed by atoms with Gasteiger partial charge < -0.3 is 9.15 Å². The van der Waals surface area contributed by atoms with Crippen molar-refractivity contribution in [2.24, 2.45) is 0 Å². The molecule has 7 heteroatoms. The number of aryl methyl sites for hydroxylation is 1. The summed E-state index contributed by atoms with van der Waals surface area (Å²) in [6.45, 7) is 1.87. The van der Waals surface area contributed by atoms with Crippen LogP contribution in [0.2, 0.25) is 0 Å². The van der Waals surface area contributed by atoms with Gasteiger partial charge >= 0.3 is 0 Å². The Bertz CT molecular complexity index is 560. The molecule has 1 aromatic carbocycles. The predicted octanol–water partition coefficient (Wildman–Crippen LogP) is 3.29. The third kappa shape index (κ3) is 2.97. The Morgan fingerprint density at radius 1 is 1.33 bits per heavy atom. The zero-order valence-corrected chi connectivity index (χ0v) is 12.5. The van der Waals surface area contributed by atoms with E-state index in [0.717, 1.165) is 6.29 Å². The number of hydrogen-bond donors (Lipinski definition) is 0. The maximum Gasteiger partial charge on any atom is 0.253 e. The molecule has 0 N–H and O–H groups in total. The van der Waals surface area contributed by atoms with E-state index in [1.54, 1.807) is 19.1 Å². The van der Waals surface area contributed by atoms with Crippen molar-refractivity contribution in [1.82, 2.24) is 10.2 Å². The van der Waals surface area contributed by atoms with Crippen LogP contribution in [0.1, 0.15) is 22.1 Å². The lowest BCUT2D eigenvalue weighted by molar-refractivity contribution is 0.112. The number of aldehydes is 1. The van der Waals surface area contributed by atoms with Gasteiger partial charge in [-0.15, -0.1) is 10.2 Å². The number of nitrogens with zero attached hydrogens (tertiary/aromatic N) is 2. The molecule has 0 atom stereocenters. The number of ether oxygens (including phenoxy) is 1. The Labute approximate surface area is 120 Å². The van der Waals surface area contributed by atoms with Crippen LogP contribution in [0.15, 0.2) is 25.5 Å². The van der Waals surface area contributed by atoms with Crippen molar-refractivity contribution in [3.05, 3.63) is 38.4 Å². The van der Waals surface area contributed by atoms with Gasteiger partial charge in [-0.3, -0.25) is 4.79 Å². The minimum atomic E-state index is 0.165. The second kappa shape index (κ2) is 5.62. The summed E-state index contributed by atoms with van der Waals surface area (Å²) in [5.74, 6) is 1.46. The first kappa shape index (κ1) is 13.2. The van der Waals surface area contributed by atoms with Crippen LogP contribution in [0.4, 0.5) is 0 Å². The lowest BCUT2D eigenvalue weighted by atomic mass is 10.2. The van der Waals surface area contributed by atoms with Gasteiger partial charge in [-0.05, 0) is 44.0 Å². The lowest BCUT2D eigenvalue weighted by Crippen LogP contribution is -1.98. The second-order valence-electron chi connectivity index (χ2n) is 3.44. The molecule has 0 unspecified atom stereocenters. The highest BCUT2D eigenvalue weighted by molar-refractivity contribution is 9.11. The normalized spacial score (nSPS) is 10.4. The number of carbonyl (C=O) groups excluding carboxylic acids is 1. The van der Waals surface area contributed by atoms with E-state index in [0.29, 0.717) is 32.0 Å². The summed E-state index contributed by atoms with van der Waals surface area (Å²) in [4.78, 5) is 10.7. The third-order valence-electron chi connectivity index (χ3n) is 2.06. The van der Waals surface area contributed by atoms with Gasteiger partial charge in [-0.2, -0.15) is 0 Å². The summed E-state index contributed by atoms with van der Waals surface area (Å²) in [7, 11) is 0. The fourth-order valence-electron chi connectivity index (χ4n) is 1.32. The molecule has 0 aliphatic heterocycles. The van der Waals surface area contributed by atoms with E-state index in [9.17, 15) is 4.79 Å². The van der Waals surface area contributed by atoms with Crippen molar-refractivity contribution >= 4 is 38.1 Å². The van der Waals surface area contributed by atoms with Gasteiger partial charge in [-0.1, -0.05) is 0 Å². The van der Waals surface area contributed by atoms with Crippen molar-refractivity contribution in [3.63, 3.8) is 0 Å². The van der Waals surface area contributed by atoms with E-state index in [1.807, 2.05) is 0 Å². The summed E-state index contributed by atoms with van der Waals surface area (Å²) < 4.78 is 12.1. The number of aromatic nitrogens is 2. The van der Waals surface area contributed by atoms with Crippen LogP contribution in [0.5, 0.6) is 5.75 Å². The molecule has 2 rings (SSSR count). The third-order valence-corrected chi connectivity index (χ3v) is 3.24. The zero-order valence-electron chi connectivity index (χ0n) is 9.31. The lowest BCUT2D eigenvalue weighted by Gasteiger charge is -2.08. The van der Waals surface area contributed by atoms with Gasteiger partial charge in [0, 0.05) is 12.5 Å². The monoisotopic (exact) mass is 374 g/mol. The van der Waals surface area contributed by atoms with Gasteiger partial charge in [0.2, 0.25) is 5.89 Å². The number of benzene rings is 1. The molecule has 0 spiro atoms. The van der Waals surface area contributed by atoms with Crippen LogP contribution < -0.4 is 4.74 Å². The number of rotatable bonds is 4. The van der Waals surface area contributed by atoms with E-state index >= 15 is 0 Å². The van der Waals surface area contributed by atoms with Crippen LogP contribution in [0.3, 0.4) is 0 Å². The zero-order chi connectivity index (χ0) is 13.1. The van der Waals surface area contributed by atoms with E-state index in [4.69, 9.17) is 9.15 Å². The van der Waals surface area contributed by atoms with Crippen molar-refractivity contribution < 1.29 is 13.9 Å². The molecule has 0 saturated carbocycles. The van der Waals surface area contributed by atoms with Crippen LogP contribution in [-0.4, -0.2) is 16.5 Å². The average Bonchev–Trinajstić information content (AvgIpc) is 2.73. The van der Waals surface area contributed by atoms with Crippen LogP contribution in [-0.2, 0) is 6.61 Å². The second-order valence-corrected chi connectivity index (χ2v) is 5.14. The molecule has 0 aliphatic carbocycles. The van der Waals surface area contributed by atoms with Crippen molar-refractivity contribution in [3.8, 4) is 5.75 Å². The largest absolute Gasteiger partial charge is 0.481 e. The first-order chi connectivity index (χ1) is 8.60. The Hall–Kier alpha value is -1.21. The summed E-state index contributed by atoms with van der Waals surface area (Å²) in [6.07, 6.45) is 0.765. The van der Waals surface area contributed by atoms with Crippen LogP contribution in [0, 0.1) is 6.92 Å². The molecule has 1 aromatic heterocycles. The first-order valence-electron chi connectivity index (χ1n) is 4.96. The van der Waals surface area contributed by atoms with Gasteiger partial charge in [0.05, 0.1) is 8.95 Å². The smallest absolute Gasteiger partial charge is 0.253 e. The highest BCUT2D eigenvalue weighted by atomic mass is 79.9. The number of halogens is 2. The van der Waals surface area contributed by atoms with E-state index in [2.05, 4.69) is 42.1 Å². The van der Waals surface area contributed by atoms with Crippen molar-refractivity contribution in [1.29, 1.82) is 0 Å². The number of carbonyl (C=O) groups is 1. The van der Waals surface area contributed by atoms with Gasteiger partial charge in [0.1, 0.15) is 12.0 Å². The molecular weight excluding hydrogens is 368 g/mol. The number of hydrogen-bond acceptors (Lipinski definition) is 5. The maximum absolute atomic E-state index is 10.7. The first-order valence-corrected chi connectivity index (χ1v) is 6.54. The molecule has 0 saturated heterocycles. The van der Waals surface area contributed by atoms with Crippen molar-refractivity contribution in [2.75, 3.05) is 0 Å². The molecular formula is C11H8Br2N2O3. The predicted molar refractivity (Wildman–Crippen MR) is 70.6 cm³/mol. The van der Waals surface area contributed by atoms with Crippen LogP contribution >= 0.6 is 31.9 Å². The van der Waals surface area contributed by atoms with Crippen molar-refractivity contribution in [2.45, 2.75) is 13.5 Å². The average molecular weight is 376 g/mol. The van der Waals surface area contributed by atoms with E-state index in [-0.39, 0.29) is 6.61 Å². The molecule has 94 valence electrons. The molecule has 5 nitrogen and oxygen atoms in total. The molecule has 18 heavy (non-hydrogen) atoms. The molecule has 0 fully saturated rings. The minimum Gasteiger partial charge on any atom is -0.481 e. The molecule has 1 heterocycles. The SMILES string of the molecule is Cc1nnc(COc2c(Br)cc(C=O)cc2Br)o1. The maximum atomic E-state index is 10.7. The summed E-state index contributed by atoms with van der Waals surface area (Å²) in [5.41, 5.74) is 0.551. The highest BCUT2D eigenvalue weighted by Gasteiger charge is 2.11. The molecule has 0 bridgehead atoms. The molecule has 0 aliphatic rings. The van der Waals surface area contributed by atoms with Crippen LogP contribution in [0.25, 0.3) is 0 Å². The topological polar surface area (TPSA) is 65.2 Å². The minimum absolute atomic E-state index is 0.165. The van der Waals surface area contributed by atoms with E-state index in [1.165, 1.54) is 0 Å². The molecule has 2 aromatic rings.